The van der Waals surface area contributed by atoms with Gasteiger partial charge in [-0.15, -0.1) is 0 Å². The topological polar surface area (TPSA) is 80.2 Å². The summed E-state index contributed by atoms with van der Waals surface area (Å²) in [7, 11) is -3.88. The molecule has 0 saturated carbocycles. The zero-order valence-corrected chi connectivity index (χ0v) is 21.1. The molecular weight excluding hydrogens is 502 g/mol. The first kappa shape index (κ1) is 23.5. The molecule has 1 aromatic heterocycles. The van der Waals surface area contributed by atoms with Crippen LogP contribution in [0.5, 0.6) is 0 Å². The lowest BCUT2D eigenvalue weighted by Crippen LogP contribution is -2.34. The average Bonchev–Trinajstić information content (AvgIpc) is 2.85. The van der Waals surface area contributed by atoms with E-state index in [-0.39, 0.29) is 23.0 Å². The monoisotopic (exact) mass is 521 g/mol. The Morgan fingerprint density at radius 3 is 2.57 bits per heavy atom. The summed E-state index contributed by atoms with van der Waals surface area (Å²) < 4.78 is 28.6. The van der Waals surface area contributed by atoms with Crippen molar-refractivity contribution in [2.45, 2.75) is 23.5 Å². The van der Waals surface area contributed by atoms with Crippen molar-refractivity contribution in [3.05, 3.63) is 101 Å². The number of benzene rings is 3. The van der Waals surface area contributed by atoms with Crippen molar-refractivity contribution < 1.29 is 13.2 Å². The average molecular weight is 522 g/mol. The number of fused-ring (bicyclic) bond motifs is 3. The number of carbonyl (C=O) groups excluding carboxylic acids is 1. The van der Waals surface area contributed by atoms with Crippen molar-refractivity contribution in [1.29, 1.82) is 0 Å². The Hall–Kier alpha value is -3.20. The molecule has 3 aromatic carbocycles. The van der Waals surface area contributed by atoms with Crippen LogP contribution in [0.25, 0.3) is 11.3 Å². The molecule has 0 atom stereocenters. The van der Waals surface area contributed by atoms with Gasteiger partial charge in [0.15, 0.2) is 10.9 Å². The van der Waals surface area contributed by atoms with Gasteiger partial charge in [0.25, 0.3) is 10.0 Å². The van der Waals surface area contributed by atoms with Gasteiger partial charge in [-0.25, -0.2) is 18.4 Å². The highest BCUT2D eigenvalue weighted by Crippen LogP contribution is 2.42. The summed E-state index contributed by atoms with van der Waals surface area (Å²) in [6.07, 6.45) is 1.34. The predicted molar refractivity (Wildman–Crippen MR) is 139 cm³/mol. The highest BCUT2D eigenvalue weighted by atomic mass is 35.5. The van der Waals surface area contributed by atoms with E-state index in [0.717, 1.165) is 11.1 Å². The molecule has 2 heterocycles. The zero-order valence-electron chi connectivity index (χ0n) is 18.7. The number of aromatic nitrogens is 2. The van der Waals surface area contributed by atoms with Crippen molar-refractivity contribution in [1.82, 2.24) is 9.97 Å². The minimum Gasteiger partial charge on any atom is -0.293 e. The molecule has 0 radical (unpaired) electrons. The molecule has 0 saturated heterocycles. The summed E-state index contributed by atoms with van der Waals surface area (Å²) in [4.78, 5) is 21.4. The molecule has 9 heteroatoms. The number of hydrogen-bond acceptors (Lipinski definition) is 6. The van der Waals surface area contributed by atoms with E-state index >= 15 is 0 Å². The minimum absolute atomic E-state index is 0.0530. The number of para-hydroxylation sites is 1. The molecule has 1 aliphatic heterocycles. The van der Waals surface area contributed by atoms with E-state index in [2.05, 4.69) is 9.97 Å². The van der Waals surface area contributed by atoms with Crippen LogP contribution in [0.3, 0.4) is 0 Å². The highest BCUT2D eigenvalue weighted by molar-refractivity contribution is 7.99. The van der Waals surface area contributed by atoms with Crippen LogP contribution in [0, 0.1) is 6.92 Å². The third kappa shape index (κ3) is 4.69. The van der Waals surface area contributed by atoms with Crippen LogP contribution >= 0.6 is 23.4 Å². The molecule has 4 aromatic rings. The molecule has 6 nitrogen and oxygen atoms in total. The van der Waals surface area contributed by atoms with Crippen molar-refractivity contribution in [2.75, 3.05) is 10.1 Å². The van der Waals surface area contributed by atoms with Crippen LogP contribution < -0.4 is 4.31 Å². The summed E-state index contributed by atoms with van der Waals surface area (Å²) in [5.41, 5.74) is 4.10. The molecule has 35 heavy (non-hydrogen) atoms. The number of halogens is 1. The van der Waals surface area contributed by atoms with Gasteiger partial charge in [-0.3, -0.25) is 9.10 Å². The van der Waals surface area contributed by atoms with E-state index in [1.807, 2.05) is 49.4 Å². The predicted octanol–water partition coefficient (Wildman–Crippen LogP) is 5.79. The second kappa shape index (κ2) is 9.45. The third-order valence-corrected chi connectivity index (χ3v) is 8.51. The van der Waals surface area contributed by atoms with Crippen LogP contribution in [-0.4, -0.2) is 29.9 Å². The number of sulfonamides is 1. The Labute approximate surface area is 213 Å². The van der Waals surface area contributed by atoms with Crippen LogP contribution in [0.15, 0.2) is 89.0 Å². The van der Waals surface area contributed by atoms with E-state index < -0.39 is 10.0 Å². The van der Waals surface area contributed by atoms with Crippen molar-refractivity contribution in [3.8, 4) is 11.3 Å². The van der Waals surface area contributed by atoms with Gasteiger partial charge < -0.3 is 0 Å². The lowest BCUT2D eigenvalue weighted by molar-refractivity contribution is 0.102. The lowest BCUT2D eigenvalue weighted by atomic mass is 10.1. The quantitative estimate of drug-likeness (QED) is 0.181. The number of anilines is 1. The highest BCUT2D eigenvalue weighted by Gasteiger charge is 2.36. The smallest absolute Gasteiger partial charge is 0.268 e. The fraction of sp³-hybridized carbons (Fsp3) is 0.115. The number of aryl methyl sites for hydroxylation is 1. The number of nitrogens with zero attached hydrogens (tertiary/aromatic N) is 3. The third-order valence-electron chi connectivity index (χ3n) is 5.64. The van der Waals surface area contributed by atoms with Crippen molar-refractivity contribution >= 4 is 44.9 Å². The van der Waals surface area contributed by atoms with E-state index in [1.54, 1.807) is 30.3 Å². The molecule has 0 fully saturated rings. The maximum Gasteiger partial charge on any atom is 0.268 e. The zero-order chi connectivity index (χ0) is 24.6. The molecule has 0 amide bonds. The molecule has 0 unspecified atom stereocenters. The van der Waals surface area contributed by atoms with Gasteiger partial charge in [0.05, 0.1) is 29.9 Å². The van der Waals surface area contributed by atoms with Gasteiger partial charge in [0, 0.05) is 16.1 Å². The van der Waals surface area contributed by atoms with Crippen LogP contribution in [0.2, 0.25) is 5.02 Å². The maximum atomic E-state index is 13.6. The summed E-state index contributed by atoms with van der Waals surface area (Å²) in [6.45, 7) is 2.18. The Bertz CT molecular complexity index is 1540. The molecule has 0 spiro atoms. The number of Topliss-reactive ketones (excluding diaryl/α,β-unsaturated/α-hetero) is 1. The summed E-state index contributed by atoms with van der Waals surface area (Å²) >= 11 is 7.06. The summed E-state index contributed by atoms with van der Waals surface area (Å²) in [5, 5.41) is 0.895. The minimum atomic E-state index is -3.88. The number of ketones is 1. The van der Waals surface area contributed by atoms with Gasteiger partial charge in [0.1, 0.15) is 4.90 Å². The number of carbonyl (C=O) groups is 1. The normalized spacial score (nSPS) is 13.7. The van der Waals surface area contributed by atoms with Gasteiger partial charge in [0.2, 0.25) is 0 Å². The molecule has 1 aliphatic rings. The van der Waals surface area contributed by atoms with E-state index in [9.17, 15) is 13.2 Å². The SMILES string of the molecule is Cc1cccc(CN2c3ccccc3-c3nc(SCC(=O)c4ccc(Cl)cc4)ncc3S2(=O)=O)c1. The fourth-order valence-electron chi connectivity index (χ4n) is 3.94. The van der Waals surface area contributed by atoms with Crippen molar-refractivity contribution in [3.63, 3.8) is 0 Å². The van der Waals surface area contributed by atoms with Crippen LogP contribution in [0.1, 0.15) is 21.5 Å². The summed E-state index contributed by atoms with van der Waals surface area (Å²) in [6, 6.07) is 21.7. The summed E-state index contributed by atoms with van der Waals surface area (Å²) in [5.74, 6) is 0.0271. The van der Waals surface area contributed by atoms with Crippen LogP contribution in [0.4, 0.5) is 5.69 Å². The first-order valence-corrected chi connectivity index (χ1v) is 13.6. The van der Waals surface area contributed by atoms with E-state index in [1.165, 1.54) is 22.3 Å². The van der Waals surface area contributed by atoms with E-state index in [4.69, 9.17) is 11.6 Å². The molecule has 176 valence electrons. The Morgan fingerprint density at radius 1 is 1.03 bits per heavy atom. The molecule has 0 aliphatic carbocycles. The number of rotatable bonds is 6. The van der Waals surface area contributed by atoms with E-state index in [0.29, 0.717) is 32.7 Å². The lowest BCUT2D eigenvalue weighted by Gasteiger charge is -2.31. The maximum absolute atomic E-state index is 13.6. The fourth-order valence-corrected chi connectivity index (χ4v) is 6.34. The standard InChI is InChI=1S/C26H20ClN3O3S2/c1-17-5-4-6-18(13-17)15-30-22-8-3-2-7-21(22)25-24(35(30,32)33)14-28-26(29-25)34-16-23(31)19-9-11-20(27)12-10-19/h2-14H,15-16H2,1H3. The Kier molecular flexibility index (Phi) is 6.35. The van der Waals surface area contributed by atoms with Crippen molar-refractivity contribution in [2.24, 2.45) is 0 Å². The van der Waals surface area contributed by atoms with Gasteiger partial charge in [-0.1, -0.05) is 71.4 Å². The van der Waals surface area contributed by atoms with Gasteiger partial charge in [-0.05, 0) is 42.8 Å². The van der Waals surface area contributed by atoms with Gasteiger partial charge >= 0.3 is 0 Å². The molecule has 0 bridgehead atoms. The molecular formula is C26H20ClN3O3S2. The Balaban J connectivity index is 1.46. The first-order chi connectivity index (χ1) is 16.8. The second-order valence-corrected chi connectivity index (χ2v) is 11.3. The number of thioether (sulfide) groups is 1. The Morgan fingerprint density at radius 2 is 1.80 bits per heavy atom. The first-order valence-electron chi connectivity index (χ1n) is 10.8. The molecule has 0 N–H and O–H groups in total. The number of hydrogen-bond donors (Lipinski definition) is 0. The largest absolute Gasteiger partial charge is 0.293 e. The molecule has 5 rings (SSSR count). The van der Waals surface area contributed by atoms with Gasteiger partial charge in [-0.2, -0.15) is 0 Å². The van der Waals surface area contributed by atoms with Crippen LogP contribution in [-0.2, 0) is 16.6 Å². The second-order valence-electron chi connectivity index (χ2n) is 8.10.